The van der Waals surface area contributed by atoms with E-state index in [1.807, 2.05) is 0 Å². The molecule has 63 heavy (non-hydrogen) atoms. The van der Waals surface area contributed by atoms with Crippen molar-refractivity contribution in [3.63, 3.8) is 0 Å². The van der Waals surface area contributed by atoms with Gasteiger partial charge in [-0.15, -0.1) is 0 Å². The SMILES string of the molecule is CC(C)CCCCCCCCCCCCCC(OCC(C(CCCCCCCCCCCCCC(C)C)C(=O)O)C(CCCCCCCCCCCCCC(C)C)C(=O)O)C(=O)O. The van der Waals surface area contributed by atoms with Gasteiger partial charge in [0.15, 0.2) is 6.10 Å². The zero-order valence-electron chi connectivity index (χ0n) is 42.8. The zero-order chi connectivity index (χ0) is 46.8. The fourth-order valence-electron chi connectivity index (χ4n) is 9.55. The summed E-state index contributed by atoms with van der Waals surface area (Å²) >= 11 is 0. The van der Waals surface area contributed by atoms with Crippen LogP contribution in [0.5, 0.6) is 0 Å². The molecule has 374 valence electrons. The molecule has 0 fully saturated rings. The van der Waals surface area contributed by atoms with E-state index >= 15 is 0 Å². The molecule has 0 rings (SSSR count). The highest BCUT2D eigenvalue weighted by molar-refractivity contribution is 5.75. The molecule has 0 spiro atoms. The Morgan fingerprint density at radius 3 is 0.714 bits per heavy atom. The van der Waals surface area contributed by atoms with Crippen LogP contribution in [-0.2, 0) is 19.1 Å². The summed E-state index contributed by atoms with van der Waals surface area (Å²) in [6.07, 6.45) is 43.0. The number of hydrogen-bond acceptors (Lipinski definition) is 4. The van der Waals surface area contributed by atoms with E-state index in [0.717, 1.165) is 94.8 Å². The van der Waals surface area contributed by atoms with Gasteiger partial charge < -0.3 is 20.1 Å². The van der Waals surface area contributed by atoms with Gasteiger partial charge in [0.1, 0.15) is 0 Å². The molecule has 3 unspecified atom stereocenters. The molecule has 0 aliphatic rings. The van der Waals surface area contributed by atoms with Gasteiger partial charge in [0, 0.05) is 5.92 Å². The number of carboxylic acids is 3. The highest BCUT2D eigenvalue weighted by Gasteiger charge is 2.38. The van der Waals surface area contributed by atoms with Crippen molar-refractivity contribution in [2.75, 3.05) is 6.61 Å². The molecule has 3 N–H and O–H groups in total. The lowest BCUT2D eigenvalue weighted by molar-refractivity contribution is -0.158. The average Bonchev–Trinajstić information content (AvgIpc) is 3.22. The summed E-state index contributed by atoms with van der Waals surface area (Å²) in [6.45, 7) is 13.6. The molecular formula is C56H108O7. The summed E-state index contributed by atoms with van der Waals surface area (Å²) in [5.41, 5.74) is 0. The summed E-state index contributed by atoms with van der Waals surface area (Å²) in [7, 11) is 0. The molecule has 0 saturated carbocycles. The van der Waals surface area contributed by atoms with E-state index in [1.54, 1.807) is 0 Å². The van der Waals surface area contributed by atoms with E-state index in [4.69, 9.17) is 4.74 Å². The third-order valence-electron chi connectivity index (χ3n) is 13.8. The second-order valence-corrected chi connectivity index (χ2v) is 21.3. The van der Waals surface area contributed by atoms with Gasteiger partial charge in [0.05, 0.1) is 18.4 Å². The van der Waals surface area contributed by atoms with Crippen molar-refractivity contribution in [1.29, 1.82) is 0 Å². The van der Waals surface area contributed by atoms with Crippen molar-refractivity contribution in [2.24, 2.45) is 35.5 Å². The van der Waals surface area contributed by atoms with Gasteiger partial charge in [-0.25, -0.2) is 4.79 Å². The first kappa shape index (κ1) is 61.4. The van der Waals surface area contributed by atoms with E-state index in [2.05, 4.69) is 41.5 Å². The fourth-order valence-corrected chi connectivity index (χ4v) is 9.55. The third-order valence-corrected chi connectivity index (χ3v) is 13.8. The largest absolute Gasteiger partial charge is 0.481 e. The van der Waals surface area contributed by atoms with Crippen LogP contribution in [0.2, 0.25) is 0 Å². The molecule has 0 amide bonds. The van der Waals surface area contributed by atoms with Crippen molar-refractivity contribution in [2.45, 2.75) is 298 Å². The molecule has 7 heteroatoms. The second-order valence-electron chi connectivity index (χ2n) is 21.3. The Morgan fingerprint density at radius 1 is 0.302 bits per heavy atom. The van der Waals surface area contributed by atoms with E-state index in [-0.39, 0.29) is 6.61 Å². The first-order valence-electron chi connectivity index (χ1n) is 27.7. The minimum Gasteiger partial charge on any atom is -0.481 e. The smallest absolute Gasteiger partial charge is 0.332 e. The van der Waals surface area contributed by atoms with E-state index in [1.165, 1.54) is 154 Å². The van der Waals surface area contributed by atoms with Gasteiger partial charge in [0.2, 0.25) is 0 Å². The Morgan fingerprint density at radius 2 is 0.508 bits per heavy atom. The first-order chi connectivity index (χ1) is 30.4. The molecule has 0 aliphatic carbocycles. The maximum atomic E-state index is 12.9. The maximum absolute atomic E-state index is 12.9. The summed E-state index contributed by atoms with van der Waals surface area (Å²) in [5, 5.41) is 31.2. The Labute approximate surface area is 391 Å². The summed E-state index contributed by atoms with van der Waals surface area (Å²) in [6, 6.07) is 0. The molecule has 0 aromatic rings. The molecule has 3 atom stereocenters. The van der Waals surface area contributed by atoms with Gasteiger partial charge in [-0.05, 0) is 37.0 Å². The van der Waals surface area contributed by atoms with Crippen LogP contribution in [0.1, 0.15) is 292 Å². The number of aliphatic carboxylic acids is 3. The van der Waals surface area contributed by atoms with Crippen LogP contribution in [0.4, 0.5) is 0 Å². The van der Waals surface area contributed by atoms with Crippen molar-refractivity contribution < 1.29 is 34.4 Å². The van der Waals surface area contributed by atoms with Gasteiger partial charge in [-0.3, -0.25) is 9.59 Å². The normalized spacial score (nSPS) is 13.9. The zero-order valence-corrected chi connectivity index (χ0v) is 42.8. The molecule has 0 aliphatic heterocycles. The van der Waals surface area contributed by atoms with Gasteiger partial charge in [0.25, 0.3) is 0 Å². The summed E-state index contributed by atoms with van der Waals surface area (Å²) < 4.78 is 6.06. The molecule has 0 radical (unpaired) electrons. The topological polar surface area (TPSA) is 121 Å². The van der Waals surface area contributed by atoms with Crippen LogP contribution in [0.15, 0.2) is 0 Å². The number of carbonyl (C=O) groups is 3. The molecule has 0 saturated heterocycles. The number of ether oxygens (including phenoxy) is 1. The van der Waals surface area contributed by atoms with E-state index < -0.39 is 41.8 Å². The standard InChI is InChI=1S/C56H108O7/c1-47(2)40-34-28-22-16-10-7-13-19-25-31-37-43-50(54(57)58)52(51(55(59)60)44-38-32-26-20-14-8-11-17-23-29-35-41-48(3)4)46-63-53(56(61)62)45-39-33-27-21-15-9-12-18-24-30-36-42-49(5)6/h47-53H,7-46H2,1-6H3,(H,57,58)(H,59,60)(H,61,62). The number of hydrogen-bond donors (Lipinski definition) is 3. The van der Waals surface area contributed by atoms with Gasteiger partial charge >= 0.3 is 17.9 Å². The minimum atomic E-state index is -1.05. The minimum absolute atomic E-state index is 0.142. The van der Waals surface area contributed by atoms with Crippen molar-refractivity contribution in [1.82, 2.24) is 0 Å². The fraction of sp³-hybridized carbons (Fsp3) is 0.946. The number of rotatable bonds is 50. The van der Waals surface area contributed by atoms with Crippen molar-refractivity contribution in [3.05, 3.63) is 0 Å². The first-order valence-corrected chi connectivity index (χ1v) is 27.7. The molecular weight excluding hydrogens is 785 g/mol. The number of unbranched alkanes of at least 4 members (excludes halogenated alkanes) is 30. The van der Waals surface area contributed by atoms with Gasteiger partial charge in [-0.1, -0.05) is 273 Å². The maximum Gasteiger partial charge on any atom is 0.332 e. The Bertz CT molecular complexity index is 973. The molecule has 0 bridgehead atoms. The Balaban J connectivity index is 5.06. The lowest BCUT2D eigenvalue weighted by Gasteiger charge is -2.30. The van der Waals surface area contributed by atoms with Crippen molar-refractivity contribution >= 4 is 17.9 Å². The lowest BCUT2D eigenvalue weighted by atomic mass is 9.77. The number of carboxylic acid groups (broad SMARTS) is 3. The highest BCUT2D eigenvalue weighted by Crippen LogP contribution is 2.32. The summed E-state index contributed by atoms with van der Waals surface area (Å²) in [4.78, 5) is 38.1. The van der Waals surface area contributed by atoms with Crippen LogP contribution < -0.4 is 0 Å². The van der Waals surface area contributed by atoms with E-state index in [9.17, 15) is 29.7 Å². The predicted molar refractivity (Wildman–Crippen MR) is 268 cm³/mol. The second kappa shape index (κ2) is 44.2. The van der Waals surface area contributed by atoms with Crippen LogP contribution in [0.25, 0.3) is 0 Å². The molecule has 0 heterocycles. The molecule has 7 nitrogen and oxygen atoms in total. The lowest BCUT2D eigenvalue weighted by Crippen LogP contribution is -2.39. The quantitative estimate of drug-likeness (QED) is 0.0520. The van der Waals surface area contributed by atoms with Crippen LogP contribution in [0, 0.1) is 35.5 Å². The average molecular weight is 893 g/mol. The summed E-state index contributed by atoms with van der Waals surface area (Å²) in [5.74, 6) is -3.13. The molecule has 0 aromatic heterocycles. The molecule has 0 aromatic carbocycles. The van der Waals surface area contributed by atoms with Gasteiger partial charge in [-0.2, -0.15) is 0 Å². The third kappa shape index (κ3) is 40.4. The van der Waals surface area contributed by atoms with Crippen LogP contribution in [-0.4, -0.2) is 45.9 Å². The Hall–Kier alpha value is -1.63. The predicted octanol–water partition coefficient (Wildman–Crippen LogP) is 17.7. The Kier molecular flexibility index (Phi) is 43.1. The monoisotopic (exact) mass is 893 g/mol. The van der Waals surface area contributed by atoms with Crippen LogP contribution >= 0.6 is 0 Å². The van der Waals surface area contributed by atoms with E-state index in [0.29, 0.717) is 19.3 Å². The van der Waals surface area contributed by atoms with Crippen molar-refractivity contribution in [3.8, 4) is 0 Å². The van der Waals surface area contributed by atoms with Crippen LogP contribution in [0.3, 0.4) is 0 Å². The highest BCUT2D eigenvalue weighted by atomic mass is 16.5.